The van der Waals surface area contributed by atoms with Crippen LogP contribution in [0.1, 0.15) is 25.7 Å². The quantitative estimate of drug-likeness (QED) is 0.422. The van der Waals surface area contributed by atoms with Gasteiger partial charge in [-0.05, 0) is 55.3 Å². The van der Waals surface area contributed by atoms with Crippen molar-refractivity contribution < 1.29 is 13.2 Å². The molecule has 0 spiro atoms. The number of benzene rings is 3. The fourth-order valence-corrected chi connectivity index (χ4v) is 6.32. The fraction of sp³-hybridized carbons (Fsp3) is 0.259. The Labute approximate surface area is 204 Å². The zero-order chi connectivity index (χ0) is 24.4. The van der Waals surface area contributed by atoms with Crippen LogP contribution in [0.15, 0.2) is 82.5 Å². The lowest BCUT2D eigenvalue weighted by atomic mass is 10.1. The van der Waals surface area contributed by atoms with Crippen LogP contribution in [0.4, 0.5) is 5.69 Å². The third kappa shape index (κ3) is 4.59. The van der Waals surface area contributed by atoms with E-state index in [4.69, 9.17) is 0 Å². The van der Waals surface area contributed by atoms with E-state index in [0.29, 0.717) is 40.6 Å². The molecule has 1 saturated heterocycles. The van der Waals surface area contributed by atoms with Gasteiger partial charge >= 0.3 is 0 Å². The molecule has 1 amide bonds. The zero-order valence-electron chi connectivity index (χ0n) is 19.3. The Kier molecular flexibility index (Phi) is 6.40. The molecule has 1 N–H and O–H groups in total. The molecule has 0 saturated carbocycles. The smallest absolute Gasteiger partial charge is 0.244 e. The second-order valence-corrected chi connectivity index (χ2v) is 10.8. The van der Waals surface area contributed by atoms with Gasteiger partial charge in [0.15, 0.2) is 5.43 Å². The van der Waals surface area contributed by atoms with Gasteiger partial charge in [-0.25, -0.2) is 8.42 Å². The Morgan fingerprint density at radius 2 is 1.40 bits per heavy atom. The van der Waals surface area contributed by atoms with Crippen LogP contribution in [-0.2, 0) is 21.4 Å². The number of anilines is 1. The average Bonchev–Trinajstić information content (AvgIpc) is 3.17. The summed E-state index contributed by atoms with van der Waals surface area (Å²) >= 11 is 0. The van der Waals surface area contributed by atoms with Crippen molar-refractivity contribution in [2.45, 2.75) is 37.1 Å². The number of sulfonamides is 1. The third-order valence-electron chi connectivity index (χ3n) is 6.50. The standard InChI is InChI=1S/C27H27N3O4S/c31-26(19-30-24-14-5-3-12-22(24)27(32)23-13-4-6-15-25(23)30)28-20-10-9-11-21(18-20)35(33,34)29-16-7-1-2-8-17-29/h3-6,9-15,18H,1-2,7-8,16-17,19H2,(H,28,31). The van der Waals surface area contributed by atoms with E-state index in [-0.39, 0.29) is 22.8 Å². The highest BCUT2D eigenvalue weighted by Gasteiger charge is 2.25. The molecule has 0 unspecified atom stereocenters. The van der Waals surface area contributed by atoms with Crippen LogP contribution in [0.5, 0.6) is 0 Å². The summed E-state index contributed by atoms with van der Waals surface area (Å²) in [6.07, 6.45) is 3.79. The van der Waals surface area contributed by atoms with Crippen molar-refractivity contribution in [3.05, 3.63) is 83.0 Å². The molecule has 0 aliphatic carbocycles. The van der Waals surface area contributed by atoms with Crippen LogP contribution in [0.2, 0.25) is 0 Å². The van der Waals surface area contributed by atoms with E-state index in [2.05, 4.69) is 5.32 Å². The number of rotatable bonds is 5. The molecule has 4 aromatic rings. The van der Waals surface area contributed by atoms with Gasteiger partial charge in [0.05, 0.1) is 15.9 Å². The van der Waals surface area contributed by atoms with Crippen molar-refractivity contribution >= 4 is 43.4 Å². The van der Waals surface area contributed by atoms with Crippen molar-refractivity contribution in [2.75, 3.05) is 18.4 Å². The fourth-order valence-electron chi connectivity index (χ4n) is 4.76. The van der Waals surface area contributed by atoms with E-state index in [0.717, 1.165) is 25.7 Å². The van der Waals surface area contributed by atoms with Gasteiger partial charge in [-0.1, -0.05) is 43.2 Å². The second-order valence-electron chi connectivity index (χ2n) is 8.84. The maximum Gasteiger partial charge on any atom is 0.244 e. The number of pyridine rings is 1. The highest BCUT2D eigenvalue weighted by Crippen LogP contribution is 2.23. The highest BCUT2D eigenvalue weighted by molar-refractivity contribution is 7.89. The van der Waals surface area contributed by atoms with Crippen LogP contribution in [-0.4, -0.2) is 36.3 Å². The predicted molar refractivity (Wildman–Crippen MR) is 138 cm³/mol. The van der Waals surface area contributed by atoms with Crippen molar-refractivity contribution in [3.8, 4) is 0 Å². The lowest BCUT2D eigenvalue weighted by molar-refractivity contribution is -0.116. The first kappa shape index (κ1) is 23.3. The van der Waals surface area contributed by atoms with Gasteiger partial charge in [-0.3, -0.25) is 9.59 Å². The number of para-hydroxylation sites is 2. The summed E-state index contributed by atoms with van der Waals surface area (Å²) in [6, 6.07) is 20.9. The molecule has 8 heteroatoms. The summed E-state index contributed by atoms with van der Waals surface area (Å²) in [5.74, 6) is -0.312. The summed E-state index contributed by atoms with van der Waals surface area (Å²) in [5, 5.41) is 3.93. The topological polar surface area (TPSA) is 88.5 Å². The largest absolute Gasteiger partial charge is 0.331 e. The molecular formula is C27H27N3O4S. The number of aromatic nitrogens is 1. The van der Waals surface area contributed by atoms with Gasteiger partial charge in [0, 0.05) is 29.5 Å². The van der Waals surface area contributed by atoms with Crippen molar-refractivity contribution in [3.63, 3.8) is 0 Å². The molecule has 5 rings (SSSR count). The van der Waals surface area contributed by atoms with Crippen LogP contribution >= 0.6 is 0 Å². The number of nitrogens with one attached hydrogen (secondary N) is 1. The van der Waals surface area contributed by atoms with Gasteiger partial charge in [-0.2, -0.15) is 4.31 Å². The summed E-state index contributed by atoms with van der Waals surface area (Å²) in [5.41, 5.74) is 1.69. The molecule has 1 aliphatic rings. The first-order valence-corrected chi connectivity index (χ1v) is 13.3. The van der Waals surface area contributed by atoms with Gasteiger partial charge in [-0.15, -0.1) is 0 Å². The average molecular weight is 490 g/mol. The van der Waals surface area contributed by atoms with Gasteiger partial charge < -0.3 is 9.88 Å². The molecule has 1 aromatic heterocycles. The first-order valence-electron chi connectivity index (χ1n) is 11.9. The number of carbonyl (C=O) groups excluding carboxylic acids is 1. The van der Waals surface area contributed by atoms with E-state index in [9.17, 15) is 18.0 Å². The van der Waals surface area contributed by atoms with Crippen molar-refractivity contribution in [2.24, 2.45) is 0 Å². The molecule has 0 radical (unpaired) electrons. The summed E-state index contributed by atoms with van der Waals surface area (Å²) in [6.45, 7) is 1.02. The summed E-state index contributed by atoms with van der Waals surface area (Å²) in [4.78, 5) is 26.2. The number of fused-ring (bicyclic) bond motifs is 2. The Hall–Kier alpha value is -3.49. The number of carbonyl (C=O) groups is 1. The Balaban J connectivity index is 1.44. The maximum atomic E-state index is 13.2. The Morgan fingerprint density at radius 1 is 0.800 bits per heavy atom. The maximum absolute atomic E-state index is 13.2. The summed E-state index contributed by atoms with van der Waals surface area (Å²) < 4.78 is 29.7. The second kappa shape index (κ2) is 9.64. The normalized spacial score (nSPS) is 15.2. The molecule has 0 atom stereocenters. The molecule has 35 heavy (non-hydrogen) atoms. The van der Waals surface area contributed by atoms with Gasteiger partial charge in [0.2, 0.25) is 15.9 Å². The van der Waals surface area contributed by atoms with Crippen molar-refractivity contribution in [1.82, 2.24) is 8.87 Å². The minimum Gasteiger partial charge on any atom is -0.331 e. The molecule has 7 nitrogen and oxygen atoms in total. The van der Waals surface area contributed by atoms with E-state index >= 15 is 0 Å². The monoisotopic (exact) mass is 489 g/mol. The van der Waals surface area contributed by atoms with E-state index < -0.39 is 10.0 Å². The number of hydrogen-bond acceptors (Lipinski definition) is 4. The highest BCUT2D eigenvalue weighted by atomic mass is 32.2. The molecule has 1 fully saturated rings. The van der Waals surface area contributed by atoms with Crippen LogP contribution in [0.3, 0.4) is 0 Å². The lowest BCUT2D eigenvalue weighted by Crippen LogP contribution is -2.32. The minimum absolute atomic E-state index is 0.0234. The first-order chi connectivity index (χ1) is 16.9. The molecule has 2 heterocycles. The van der Waals surface area contributed by atoms with E-state index in [1.54, 1.807) is 46.8 Å². The van der Waals surface area contributed by atoms with Gasteiger partial charge in [0.1, 0.15) is 6.54 Å². The molecule has 0 bridgehead atoms. The van der Waals surface area contributed by atoms with E-state index in [1.165, 1.54) is 6.07 Å². The third-order valence-corrected chi connectivity index (χ3v) is 8.40. The molecule has 1 aliphatic heterocycles. The number of amides is 1. The minimum atomic E-state index is -3.62. The molecular weight excluding hydrogens is 462 g/mol. The Bertz CT molecular complexity index is 1510. The van der Waals surface area contributed by atoms with Crippen LogP contribution < -0.4 is 10.7 Å². The number of nitrogens with zero attached hydrogens (tertiary/aromatic N) is 2. The molecule has 3 aromatic carbocycles. The molecule has 180 valence electrons. The van der Waals surface area contributed by atoms with Gasteiger partial charge in [0.25, 0.3) is 0 Å². The summed E-state index contributed by atoms with van der Waals surface area (Å²) in [7, 11) is -3.62. The zero-order valence-corrected chi connectivity index (χ0v) is 20.1. The van der Waals surface area contributed by atoms with Crippen LogP contribution in [0, 0.1) is 0 Å². The SMILES string of the molecule is O=C(Cn1c2ccccc2c(=O)c2ccccc21)Nc1cccc(S(=O)(=O)N2CCCCCC2)c1. The van der Waals surface area contributed by atoms with Crippen LogP contribution in [0.25, 0.3) is 21.8 Å². The van der Waals surface area contributed by atoms with Crippen molar-refractivity contribution in [1.29, 1.82) is 0 Å². The predicted octanol–water partition coefficient (Wildman–Crippen LogP) is 4.36. The Morgan fingerprint density at radius 3 is 2.03 bits per heavy atom. The lowest BCUT2D eigenvalue weighted by Gasteiger charge is -2.20. The van der Waals surface area contributed by atoms with E-state index in [1.807, 2.05) is 28.8 Å². The number of hydrogen-bond donors (Lipinski definition) is 1.